The Morgan fingerprint density at radius 3 is 3.05 bits per heavy atom. The highest BCUT2D eigenvalue weighted by molar-refractivity contribution is 5.94. The fourth-order valence-electron chi connectivity index (χ4n) is 2.65. The normalized spacial score (nSPS) is 19.6. The summed E-state index contributed by atoms with van der Waals surface area (Å²) >= 11 is 0. The van der Waals surface area contributed by atoms with E-state index in [1.54, 1.807) is 25.3 Å². The van der Waals surface area contributed by atoms with Gasteiger partial charge in [-0.05, 0) is 43.5 Å². The molecule has 5 nitrogen and oxygen atoms in total. The molecular formula is C15H23N3O2. The molecule has 0 aromatic heterocycles. The summed E-state index contributed by atoms with van der Waals surface area (Å²) in [6.45, 7) is 4.63. The molecule has 1 aliphatic rings. The van der Waals surface area contributed by atoms with Crippen molar-refractivity contribution in [2.45, 2.75) is 19.8 Å². The number of carbonyl (C=O) groups is 1. The minimum absolute atomic E-state index is 0.0250. The average molecular weight is 277 g/mol. The van der Waals surface area contributed by atoms with Crippen molar-refractivity contribution in [3.63, 3.8) is 0 Å². The van der Waals surface area contributed by atoms with Gasteiger partial charge in [-0.3, -0.25) is 9.69 Å². The van der Waals surface area contributed by atoms with Crippen LogP contribution < -0.4 is 15.8 Å². The monoisotopic (exact) mass is 277 g/mol. The molecule has 0 radical (unpaired) electrons. The van der Waals surface area contributed by atoms with Gasteiger partial charge in [-0.25, -0.2) is 0 Å². The molecule has 1 unspecified atom stereocenters. The second-order valence-corrected chi connectivity index (χ2v) is 5.49. The van der Waals surface area contributed by atoms with Gasteiger partial charge in [0.2, 0.25) is 5.91 Å². The summed E-state index contributed by atoms with van der Waals surface area (Å²) in [6, 6.07) is 5.23. The van der Waals surface area contributed by atoms with Crippen LogP contribution in [0, 0.1) is 5.92 Å². The zero-order valence-corrected chi connectivity index (χ0v) is 12.2. The van der Waals surface area contributed by atoms with Crippen molar-refractivity contribution in [2.24, 2.45) is 5.92 Å². The number of nitrogens with zero attached hydrogens (tertiary/aromatic N) is 1. The van der Waals surface area contributed by atoms with Gasteiger partial charge in [0.05, 0.1) is 19.3 Å². The Hall–Kier alpha value is -1.75. The number of piperidine rings is 1. The van der Waals surface area contributed by atoms with Crippen molar-refractivity contribution < 1.29 is 9.53 Å². The number of methoxy groups -OCH3 is 1. The lowest BCUT2D eigenvalue weighted by molar-refractivity contribution is -0.117. The van der Waals surface area contributed by atoms with Crippen LogP contribution in [0.3, 0.4) is 0 Å². The highest BCUT2D eigenvalue weighted by atomic mass is 16.5. The molecule has 0 aliphatic carbocycles. The number of likely N-dealkylation sites (tertiary alicyclic amines) is 1. The summed E-state index contributed by atoms with van der Waals surface area (Å²) in [4.78, 5) is 14.3. The van der Waals surface area contributed by atoms with Crippen molar-refractivity contribution >= 4 is 17.3 Å². The van der Waals surface area contributed by atoms with Crippen molar-refractivity contribution in [1.82, 2.24) is 4.90 Å². The Morgan fingerprint density at radius 2 is 2.35 bits per heavy atom. The zero-order chi connectivity index (χ0) is 14.5. The maximum absolute atomic E-state index is 12.1. The number of nitrogens with two attached hydrogens (primary N) is 1. The van der Waals surface area contributed by atoms with E-state index in [4.69, 9.17) is 10.5 Å². The van der Waals surface area contributed by atoms with Crippen LogP contribution in [-0.2, 0) is 4.79 Å². The molecule has 2 rings (SSSR count). The van der Waals surface area contributed by atoms with Crippen molar-refractivity contribution in [1.29, 1.82) is 0 Å². The second-order valence-electron chi connectivity index (χ2n) is 5.49. The van der Waals surface area contributed by atoms with Crippen LogP contribution in [0.25, 0.3) is 0 Å². The largest absolute Gasteiger partial charge is 0.495 e. The maximum Gasteiger partial charge on any atom is 0.238 e. The number of anilines is 2. The van der Waals surface area contributed by atoms with E-state index in [2.05, 4.69) is 17.1 Å². The first-order valence-corrected chi connectivity index (χ1v) is 7.04. The lowest BCUT2D eigenvalue weighted by Gasteiger charge is -2.30. The zero-order valence-electron chi connectivity index (χ0n) is 12.2. The molecule has 20 heavy (non-hydrogen) atoms. The molecule has 1 aromatic rings. The van der Waals surface area contributed by atoms with Crippen molar-refractivity contribution in [2.75, 3.05) is 37.8 Å². The van der Waals surface area contributed by atoms with Gasteiger partial charge in [-0.2, -0.15) is 0 Å². The van der Waals surface area contributed by atoms with Crippen molar-refractivity contribution in [3.05, 3.63) is 18.2 Å². The topological polar surface area (TPSA) is 67.6 Å². The van der Waals surface area contributed by atoms with Crippen LogP contribution in [0.2, 0.25) is 0 Å². The summed E-state index contributed by atoms with van der Waals surface area (Å²) in [6.07, 6.45) is 2.41. The molecule has 3 N–H and O–H groups in total. The van der Waals surface area contributed by atoms with E-state index < -0.39 is 0 Å². The SMILES string of the molecule is COc1ccc(N)cc1NC(=O)CN1CCCC(C)C1. The summed E-state index contributed by atoms with van der Waals surface area (Å²) in [5, 5.41) is 2.88. The Bertz CT molecular complexity index is 476. The first-order chi connectivity index (χ1) is 9.58. The van der Waals surface area contributed by atoms with Crippen LogP contribution in [0.5, 0.6) is 5.75 Å². The van der Waals surface area contributed by atoms with Crippen LogP contribution in [-0.4, -0.2) is 37.6 Å². The average Bonchev–Trinajstić information content (AvgIpc) is 2.38. The van der Waals surface area contributed by atoms with Gasteiger partial charge in [0.25, 0.3) is 0 Å². The maximum atomic E-state index is 12.1. The minimum atomic E-state index is -0.0250. The minimum Gasteiger partial charge on any atom is -0.495 e. The highest BCUT2D eigenvalue weighted by Gasteiger charge is 2.19. The van der Waals surface area contributed by atoms with Gasteiger partial charge in [-0.15, -0.1) is 0 Å². The number of amides is 1. The third kappa shape index (κ3) is 3.87. The van der Waals surface area contributed by atoms with Crippen LogP contribution >= 0.6 is 0 Å². The Labute approximate surface area is 120 Å². The first kappa shape index (κ1) is 14.7. The smallest absolute Gasteiger partial charge is 0.238 e. The Balaban J connectivity index is 1.95. The molecule has 1 fully saturated rings. The molecular weight excluding hydrogens is 254 g/mol. The predicted molar refractivity (Wildman–Crippen MR) is 80.9 cm³/mol. The predicted octanol–water partition coefficient (Wildman–Crippen LogP) is 1.95. The van der Waals surface area contributed by atoms with Gasteiger partial charge < -0.3 is 15.8 Å². The lowest BCUT2D eigenvalue weighted by Crippen LogP contribution is -2.39. The number of hydrogen-bond acceptors (Lipinski definition) is 4. The number of nitrogens with one attached hydrogen (secondary N) is 1. The van der Waals surface area contributed by atoms with Gasteiger partial charge in [0.15, 0.2) is 0 Å². The third-order valence-electron chi connectivity index (χ3n) is 3.61. The van der Waals surface area contributed by atoms with E-state index >= 15 is 0 Å². The quantitative estimate of drug-likeness (QED) is 0.825. The Kier molecular flexibility index (Phi) is 4.84. The van der Waals surface area contributed by atoms with Crippen LogP contribution in [0.4, 0.5) is 11.4 Å². The van der Waals surface area contributed by atoms with Gasteiger partial charge >= 0.3 is 0 Å². The fourth-order valence-corrected chi connectivity index (χ4v) is 2.65. The van der Waals surface area contributed by atoms with E-state index in [-0.39, 0.29) is 5.91 Å². The van der Waals surface area contributed by atoms with E-state index in [9.17, 15) is 4.79 Å². The van der Waals surface area contributed by atoms with Gasteiger partial charge in [-0.1, -0.05) is 6.92 Å². The molecule has 1 amide bonds. The molecule has 0 bridgehead atoms. The number of nitrogen functional groups attached to an aromatic ring is 1. The molecule has 1 aromatic carbocycles. The van der Waals surface area contributed by atoms with Crippen LogP contribution in [0.1, 0.15) is 19.8 Å². The lowest BCUT2D eigenvalue weighted by atomic mass is 10.0. The molecule has 0 spiro atoms. The van der Waals surface area contributed by atoms with Gasteiger partial charge in [0.1, 0.15) is 5.75 Å². The molecule has 0 saturated carbocycles. The summed E-state index contributed by atoms with van der Waals surface area (Å²) in [7, 11) is 1.58. The number of benzene rings is 1. The van der Waals surface area contributed by atoms with E-state index in [0.717, 1.165) is 19.5 Å². The number of hydrogen-bond donors (Lipinski definition) is 2. The number of rotatable bonds is 4. The molecule has 1 heterocycles. The Morgan fingerprint density at radius 1 is 1.55 bits per heavy atom. The van der Waals surface area contributed by atoms with Crippen LogP contribution in [0.15, 0.2) is 18.2 Å². The number of ether oxygens (including phenoxy) is 1. The second kappa shape index (κ2) is 6.61. The molecule has 1 aliphatic heterocycles. The molecule has 1 saturated heterocycles. The molecule has 110 valence electrons. The van der Waals surface area contributed by atoms with E-state index in [0.29, 0.717) is 29.6 Å². The summed E-state index contributed by atoms with van der Waals surface area (Å²) in [5.74, 6) is 1.26. The fraction of sp³-hybridized carbons (Fsp3) is 0.533. The number of carbonyl (C=O) groups excluding carboxylic acids is 1. The standard InChI is InChI=1S/C15H23N3O2/c1-11-4-3-7-18(9-11)10-15(19)17-13-8-12(16)5-6-14(13)20-2/h5-6,8,11H,3-4,7,9-10,16H2,1-2H3,(H,17,19). The molecule has 5 heteroatoms. The van der Waals surface area contributed by atoms with E-state index in [1.807, 2.05) is 0 Å². The van der Waals surface area contributed by atoms with Gasteiger partial charge in [0, 0.05) is 12.2 Å². The third-order valence-corrected chi connectivity index (χ3v) is 3.61. The van der Waals surface area contributed by atoms with E-state index in [1.165, 1.54) is 6.42 Å². The van der Waals surface area contributed by atoms with Crippen molar-refractivity contribution in [3.8, 4) is 5.75 Å². The first-order valence-electron chi connectivity index (χ1n) is 7.04. The highest BCUT2D eigenvalue weighted by Crippen LogP contribution is 2.26. The summed E-state index contributed by atoms with van der Waals surface area (Å²) < 4.78 is 5.22. The molecule has 1 atom stereocenters. The summed E-state index contributed by atoms with van der Waals surface area (Å²) in [5.41, 5.74) is 6.97.